The summed E-state index contributed by atoms with van der Waals surface area (Å²) in [5.74, 6) is -1.25. The highest BCUT2D eigenvalue weighted by Gasteiger charge is 2.36. The maximum absolute atomic E-state index is 14.2. The van der Waals surface area contributed by atoms with Gasteiger partial charge in [0.1, 0.15) is 12.6 Å². The second kappa shape index (κ2) is 14.2. The second-order valence-corrected chi connectivity index (χ2v) is 13.2. The van der Waals surface area contributed by atoms with E-state index in [9.17, 15) is 31.2 Å². The van der Waals surface area contributed by atoms with Gasteiger partial charge in [-0.1, -0.05) is 73.3 Å². The van der Waals surface area contributed by atoms with E-state index in [2.05, 4.69) is 5.32 Å². The van der Waals surface area contributed by atoms with Crippen molar-refractivity contribution in [3.05, 3.63) is 94.0 Å². The molecule has 0 radical (unpaired) electrons. The maximum atomic E-state index is 14.2. The number of benzene rings is 3. The fourth-order valence-corrected chi connectivity index (χ4v) is 7.17. The Bertz CT molecular complexity index is 1560. The van der Waals surface area contributed by atoms with Gasteiger partial charge in [0.25, 0.3) is 10.0 Å². The van der Waals surface area contributed by atoms with Gasteiger partial charge in [-0.2, -0.15) is 13.2 Å². The van der Waals surface area contributed by atoms with E-state index in [1.807, 2.05) is 0 Å². The van der Waals surface area contributed by atoms with Crippen LogP contribution in [0.25, 0.3) is 0 Å². The molecule has 1 fully saturated rings. The number of anilines is 1. The summed E-state index contributed by atoms with van der Waals surface area (Å²) >= 11 is 12.8. The van der Waals surface area contributed by atoms with Gasteiger partial charge in [0, 0.05) is 28.2 Å². The fraction of sp³-hybridized carbons (Fsp3) is 0.355. The van der Waals surface area contributed by atoms with Gasteiger partial charge >= 0.3 is 6.18 Å². The lowest BCUT2D eigenvalue weighted by Crippen LogP contribution is -2.53. The number of alkyl halides is 3. The number of carbonyl (C=O) groups excluding carboxylic acids is 2. The molecular weight excluding hydrogens is 638 g/mol. The Morgan fingerprint density at radius 2 is 1.57 bits per heavy atom. The van der Waals surface area contributed by atoms with Crippen LogP contribution in [0.2, 0.25) is 10.0 Å². The minimum absolute atomic E-state index is 0.0579. The first-order valence-electron chi connectivity index (χ1n) is 14.1. The van der Waals surface area contributed by atoms with E-state index in [-0.39, 0.29) is 39.6 Å². The molecule has 1 aliphatic rings. The Balaban J connectivity index is 1.78. The summed E-state index contributed by atoms with van der Waals surface area (Å²) in [5, 5.41) is 3.45. The van der Waals surface area contributed by atoms with Gasteiger partial charge in [0.2, 0.25) is 11.8 Å². The lowest BCUT2D eigenvalue weighted by Gasteiger charge is -2.34. The fourth-order valence-electron chi connectivity index (χ4n) is 5.23. The first kappa shape index (κ1) is 33.6. The number of amides is 2. The monoisotopic (exact) mass is 669 g/mol. The molecule has 0 aromatic heterocycles. The van der Waals surface area contributed by atoms with Crippen molar-refractivity contribution in [3.8, 4) is 0 Å². The number of rotatable bonds is 11. The van der Waals surface area contributed by atoms with Crippen LogP contribution in [0.15, 0.2) is 77.7 Å². The number of nitrogens with one attached hydrogen (secondary N) is 1. The molecule has 1 aliphatic carbocycles. The molecule has 4 rings (SSSR count). The van der Waals surface area contributed by atoms with Crippen LogP contribution < -0.4 is 9.62 Å². The normalized spacial score (nSPS) is 14.7. The van der Waals surface area contributed by atoms with Crippen molar-refractivity contribution in [1.29, 1.82) is 0 Å². The number of hydrogen-bond donors (Lipinski definition) is 1. The van der Waals surface area contributed by atoms with Crippen LogP contribution in [0.5, 0.6) is 0 Å². The van der Waals surface area contributed by atoms with Crippen LogP contribution in [0.3, 0.4) is 0 Å². The zero-order valence-corrected chi connectivity index (χ0v) is 26.2. The minimum atomic E-state index is -4.76. The van der Waals surface area contributed by atoms with Crippen LogP contribution in [0, 0.1) is 0 Å². The lowest BCUT2D eigenvalue weighted by atomic mass is 10.1. The first-order chi connectivity index (χ1) is 20.8. The standard InChI is InChI=1S/C31H32Cl2F3N3O4S/c1-2-28(30(41)37-22-11-6-7-12-22)38(19-25-26(32)16-9-17-27(25)33)29(40)20-39(44(42,43)24-14-4-3-5-15-24)23-13-8-10-21(18-23)31(34,35)36/h3-5,8-10,13-18,22,28H,2,6-7,11-12,19-20H2,1H3,(H,37,41)/t28-/m1/s1. The minimum Gasteiger partial charge on any atom is -0.352 e. The molecule has 0 unspecified atom stereocenters. The van der Waals surface area contributed by atoms with Crippen molar-refractivity contribution in [2.24, 2.45) is 0 Å². The highest BCUT2D eigenvalue weighted by Crippen LogP contribution is 2.34. The summed E-state index contributed by atoms with van der Waals surface area (Å²) in [4.78, 5) is 28.7. The molecule has 0 spiro atoms. The predicted molar refractivity (Wildman–Crippen MR) is 164 cm³/mol. The Morgan fingerprint density at radius 3 is 2.16 bits per heavy atom. The third-order valence-electron chi connectivity index (χ3n) is 7.55. The molecule has 236 valence electrons. The van der Waals surface area contributed by atoms with E-state index in [1.165, 1.54) is 35.2 Å². The zero-order chi connectivity index (χ0) is 32.1. The number of hydrogen-bond acceptors (Lipinski definition) is 4. The summed E-state index contributed by atoms with van der Waals surface area (Å²) in [7, 11) is -4.54. The third-order valence-corrected chi connectivity index (χ3v) is 10.0. The van der Waals surface area contributed by atoms with E-state index in [1.54, 1.807) is 31.2 Å². The van der Waals surface area contributed by atoms with Gasteiger partial charge in [0.05, 0.1) is 16.1 Å². The SMILES string of the molecule is CC[C@H](C(=O)NC1CCCC1)N(Cc1c(Cl)cccc1Cl)C(=O)CN(c1cccc(C(F)(F)F)c1)S(=O)(=O)c1ccccc1. The number of carbonyl (C=O) groups is 2. The van der Waals surface area contributed by atoms with Crippen LogP contribution in [0.1, 0.15) is 50.2 Å². The molecule has 44 heavy (non-hydrogen) atoms. The molecule has 0 heterocycles. The van der Waals surface area contributed by atoms with Crippen molar-refractivity contribution in [2.75, 3.05) is 10.8 Å². The van der Waals surface area contributed by atoms with E-state index in [0.29, 0.717) is 15.9 Å². The van der Waals surface area contributed by atoms with Crippen molar-refractivity contribution >= 4 is 50.7 Å². The topological polar surface area (TPSA) is 86.8 Å². The van der Waals surface area contributed by atoms with E-state index in [0.717, 1.165) is 37.8 Å². The number of sulfonamides is 1. The molecule has 1 N–H and O–H groups in total. The molecule has 1 saturated carbocycles. The van der Waals surface area contributed by atoms with Gasteiger partial charge < -0.3 is 10.2 Å². The summed E-state index contributed by atoms with van der Waals surface area (Å²) in [5.41, 5.74) is -1.11. The molecule has 1 atom stereocenters. The van der Waals surface area contributed by atoms with Crippen molar-refractivity contribution in [3.63, 3.8) is 0 Å². The van der Waals surface area contributed by atoms with Crippen molar-refractivity contribution < 1.29 is 31.2 Å². The van der Waals surface area contributed by atoms with E-state index < -0.39 is 46.2 Å². The van der Waals surface area contributed by atoms with Gasteiger partial charge in [-0.05, 0) is 61.7 Å². The van der Waals surface area contributed by atoms with Crippen molar-refractivity contribution in [1.82, 2.24) is 10.2 Å². The van der Waals surface area contributed by atoms with Crippen LogP contribution >= 0.6 is 23.2 Å². The zero-order valence-electron chi connectivity index (χ0n) is 23.9. The second-order valence-electron chi connectivity index (χ2n) is 10.5. The Labute approximate surface area is 265 Å². The highest BCUT2D eigenvalue weighted by molar-refractivity contribution is 7.92. The predicted octanol–water partition coefficient (Wildman–Crippen LogP) is 7.07. The Hall–Kier alpha value is -3.28. The molecule has 0 saturated heterocycles. The maximum Gasteiger partial charge on any atom is 0.416 e. The summed E-state index contributed by atoms with van der Waals surface area (Å²) < 4.78 is 69.3. The molecule has 0 bridgehead atoms. The first-order valence-corrected chi connectivity index (χ1v) is 16.3. The van der Waals surface area contributed by atoms with Crippen LogP contribution in [0.4, 0.5) is 18.9 Å². The average molecular weight is 671 g/mol. The molecule has 13 heteroatoms. The summed E-state index contributed by atoms with van der Waals surface area (Å²) in [6.45, 7) is 0.572. The van der Waals surface area contributed by atoms with Gasteiger partial charge in [0.15, 0.2) is 0 Å². The number of nitrogens with zero attached hydrogens (tertiary/aromatic N) is 2. The number of halogens is 5. The van der Waals surface area contributed by atoms with E-state index >= 15 is 0 Å². The summed E-state index contributed by atoms with van der Waals surface area (Å²) in [6, 6.07) is 14.5. The molecule has 3 aromatic rings. The molecule has 7 nitrogen and oxygen atoms in total. The van der Waals surface area contributed by atoms with E-state index in [4.69, 9.17) is 23.2 Å². The quantitative estimate of drug-likeness (QED) is 0.237. The Morgan fingerprint density at radius 1 is 0.955 bits per heavy atom. The molecule has 2 amide bonds. The van der Waals surface area contributed by atoms with Crippen LogP contribution in [-0.4, -0.2) is 43.8 Å². The van der Waals surface area contributed by atoms with Gasteiger partial charge in [-0.3, -0.25) is 13.9 Å². The van der Waals surface area contributed by atoms with Gasteiger partial charge in [-0.25, -0.2) is 8.42 Å². The molecule has 0 aliphatic heterocycles. The van der Waals surface area contributed by atoms with Crippen molar-refractivity contribution in [2.45, 2.75) is 68.7 Å². The highest BCUT2D eigenvalue weighted by atomic mass is 35.5. The van der Waals surface area contributed by atoms with Crippen LogP contribution in [-0.2, 0) is 32.3 Å². The lowest BCUT2D eigenvalue weighted by molar-refractivity contribution is -0.140. The summed E-state index contributed by atoms with van der Waals surface area (Å²) in [6.07, 6.45) is -1.08. The molecule has 3 aromatic carbocycles. The smallest absolute Gasteiger partial charge is 0.352 e. The molecular formula is C31H32Cl2F3N3O4S. The largest absolute Gasteiger partial charge is 0.416 e. The van der Waals surface area contributed by atoms with Gasteiger partial charge in [-0.15, -0.1) is 0 Å². The Kier molecular flexibility index (Phi) is 10.9. The average Bonchev–Trinajstić information content (AvgIpc) is 3.50. The third kappa shape index (κ3) is 7.86.